The highest BCUT2D eigenvalue weighted by molar-refractivity contribution is 5.81. The van der Waals surface area contributed by atoms with Gasteiger partial charge < -0.3 is 9.84 Å². The van der Waals surface area contributed by atoms with Crippen molar-refractivity contribution in [3.8, 4) is 0 Å². The summed E-state index contributed by atoms with van der Waals surface area (Å²) in [7, 11) is 0. The van der Waals surface area contributed by atoms with Crippen molar-refractivity contribution in [2.45, 2.75) is 40.5 Å². The third-order valence-corrected chi connectivity index (χ3v) is 2.70. The van der Waals surface area contributed by atoms with Gasteiger partial charge in [-0.1, -0.05) is 34.1 Å². The normalized spacial score (nSPS) is 14.1. The van der Waals surface area contributed by atoms with Gasteiger partial charge in [-0.3, -0.25) is 4.79 Å². The molecule has 0 spiro atoms. The first kappa shape index (κ1) is 13.6. The summed E-state index contributed by atoms with van der Waals surface area (Å²) in [5, 5.41) is 8.40. The lowest BCUT2D eigenvalue weighted by Gasteiger charge is -2.25. The van der Waals surface area contributed by atoms with E-state index in [9.17, 15) is 4.79 Å². The average Bonchev–Trinajstić information content (AvgIpc) is 2.13. The molecule has 0 bridgehead atoms. The second-order valence-electron chi connectivity index (χ2n) is 4.57. The van der Waals surface area contributed by atoms with Crippen molar-refractivity contribution in [1.82, 2.24) is 0 Å². The van der Waals surface area contributed by atoms with Crippen LogP contribution in [0.2, 0.25) is 0 Å². The molecule has 0 heterocycles. The average molecular weight is 202 g/mol. The number of hydrogen-bond acceptors (Lipinski definition) is 3. The number of Topliss-reactive ketones (excluding diaryl/α,β-unsaturated/α-hetero) is 1. The van der Waals surface area contributed by atoms with E-state index in [4.69, 9.17) is 5.11 Å². The molecule has 0 aliphatic heterocycles. The summed E-state index contributed by atoms with van der Waals surface area (Å²) in [5.41, 5.74) is 0.203. The fourth-order valence-electron chi connectivity index (χ4n) is 1.38. The molecule has 0 aromatic carbocycles. The van der Waals surface area contributed by atoms with Crippen molar-refractivity contribution in [2.75, 3.05) is 13.4 Å². The zero-order valence-electron chi connectivity index (χ0n) is 9.67. The van der Waals surface area contributed by atoms with E-state index in [1.165, 1.54) is 0 Å². The van der Waals surface area contributed by atoms with Crippen LogP contribution in [0.15, 0.2) is 0 Å². The minimum Gasteiger partial charge on any atom is -0.371 e. The number of ketones is 1. The van der Waals surface area contributed by atoms with Crippen LogP contribution in [0.25, 0.3) is 0 Å². The highest BCUT2D eigenvalue weighted by Crippen LogP contribution is 2.29. The summed E-state index contributed by atoms with van der Waals surface area (Å²) in [4.78, 5) is 11.5. The van der Waals surface area contributed by atoms with E-state index in [0.717, 1.165) is 12.8 Å². The highest BCUT2D eigenvalue weighted by atomic mass is 16.6. The summed E-state index contributed by atoms with van der Waals surface area (Å²) >= 11 is 0. The Bertz CT molecular complexity index is 175. The molecule has 0 aliphatic carbocycles. The van der Waals surface area contributed by atoms with Gasteiger partial charge in [-0.25, -0.2) is 0 Å². The number of ether oxygens (including phenoxy) is 1. The Morgan fingerprint density at radius 3 is 2.50 bits per heavy atom. The minimum absolute atomic E-state index is 0.0106. The van der Waals surface area contributed by atoms with E-state index in [1.807, 2.05) is 6.92 Å². The SMILES string of the molecule is CCC(C)(C)CC(C)C(=O)COCO. The lowest BCUT2D eigenvalue weighted by atomic mass is 9.80. The largest absolute Gasteiger partial charge is 0.371 e. The highest BCUT2D eigenvalue weighted by Gasteiger charge is 2.23. The Balaban J connectivity index is 3.94. The Morgan fingerprint density at radius 1 is 1.50 bits per heavy atom. The van der Waals surface area contributed by atoms with Crippen molar-refractivity contribution >= 4 is 5.78 Å². The van der Waals surface area contributed by atoms with Gasteiger partial charge in [0.05, 0.1) is 0 Å². The van der Waals surface area contributed by atoms with Crippen molar-refractivity contribution in [1.29, 1.82) is 0 Å². The molecule has 1 atom stereocenters. The van der Waals surface area contributed by atoms with Crippen molar-refractivity contribution < 1.29 is 14.6 Å². The van der Waals surface area contributed by atoms with Crippen LogP contribution in [-0.2, 0) is 9.53 Å². The Labute approximate surface area is 86.5 Å². The topological polar surface area (TPSA) is 46.5 Å². The standard InChI is InChI=1S/C11H22O3/c1-5-11(3,4)6-9(2)10(13)7-14-8-12/h9,12H,5-8H2,1-4H3. The zero-order valence-corrected chi connectivity index (χ0v) is 9.67. The lowest BCUT2D eigenvalue weighted by molar-refractivity contribution is -0.131. The molecule has 1 N–H and O–H groups in total. The third-order valence-electron chi connectivity index (χ3n) is 2.70. The van der Waals surface area contributed by atoms with E-state index < -0.39 is 0 Å². The summed E-state index contributed by atoms with van der Waals surface area (Å²) in [6.07, 6.45) is 1.93. The summed E-state index contributed by atoms with van der Waals surface area (Å²) in [6, 6.07) is 0. The molecular weight excluding hydrogens is 180 g/mol. The molecule has 3 heteroatoms. The molecule has 0 aromatic heterocycles. The van der Waals surface area contributed by atoms with Crippen molar-refractivity contribution in [2.24, 2.45) is 11.3 Å². The van der Waals surface area contributed by atoms with E-state index in [2.05, 4.69) is 25.5 Å². The van der Waals surface area contributed by atoms with Crippen LogP contribution >= 0.6 is 0 Å². The van der Waals surface area contributed by atoms with Gasteiger partial charge in [0, 0.05) is 5.92 Å². The van der Waals surface area contributed by atoms with Gasteiger partial charge >= 0.3 is 0 Å². The lowest BCUT2D eigenvalue weighted by Crippen LogP contribution is -2.23. The van der Waals surface area contributed by atoms with Gasteiger partial charge in [0.15, 0.2) is 5.78 Å². The Kier molecular flexibility index (Phi) is 5.96. The van der Waals surface area contributed by atoms with E-state index in [0.29, 0.717) is 0 Å². The predicted molar refractivity (Wildman–Crippen MR) is 55.9 cm³/mol. The van der Waals surface area contributed by atoms with Crippen LogP contribution in [0, 0.1) is 11.3 Å². The molecule has 0 aliphatic rings. The van der Waals surface area contributed by atoms with Crippen LogP contribution < -0.4 is 0 Å². The molecule has 0 rings (SSSR count). The predicted octanol–water partition coefficient (Wildman–Crippen LogP) is 1.98. The first-order chi connectivity index (χ1) is 6.43. The Morgan fingerprint density at radius 2 is 2.07 bits per heavy atom. The van der Waals surface area contributed by atoms with Crippen molar-refractivity contribution in [3.63, 3.8) is 0 Å². The maximum absolute atomic E-state index is 11.5. The number of carbonyl (C=O) groups is 1. The third kappa shape index (κ3) is 5.35. The van der Waals surface area contributed by atoms with Gasteiger partial charge in [-0.05, 0) is 11.8 Å². The number of hydrogen-bond donors (Lipinski definition) is 1. The molecule has 84 valence electrons. The molecule has 0 aromatic rings. The molecule has 0 fully saturated rings. The minimum atomic E-state index is -0.379. The van der Waals surface area contributed by atoms with E-state index >= 15 is 0 Å². The van der Waals surface area contributed by atoms with Crippen LogP contribution in [0.5, 0.6) is 0 Å². The molecule has 0 amide bonds. The number of carbonyl (C=O) groups excluding carboxylic acids is 1. The molecule has 0 saturated heterocycles. The Hall–Kier alpha value is -0.410. The van der Waals surface area contributed by atoms with E-state index in [-0.39, 0.29) is 30.5 Å². The first-order valence-corrected chi connectivity index (χ1v) is 5.14. The number of aliphatic hydroxyl groups is 1. The number of rotatable bonds is 7. The quantitative estimate of drug-likeness (QED) is 0.642. The van der Waals surface area contributed by atoms with Gasteiger partial charge in [0.2, 0.25) is 0 Å². The summed E-state index contributed by atoms with van der Waals surface area (Å²) in [6.45, 7) is 8.00. The second-order valence-corrected chi connectivity index (χ2v) is 4.57. The second kappa shape index (κ2) is 6.14. The van der Waals surface area contributed by atoms with Gasteiger partial charge in [-0.2, -0.15) is 0 Å². The van der Waals surface area contributed by atoms with Crippen LogP contribution in [0.3, 0.4) is 0 Å². The van der Waals surface area contributed by atoms with Crippen LogP contribution in [0.1, 0.15) is 40.5 Å². The first-order valence-electron chi connectivity index (χ1n) is 5.14. The fourth-order valence-corrected chi connectivity index (χ4v) is 1.38. The molecule has 1 unspecified atom stereocenters. The summed E-state index contributed by atoms with van der Waals surface area (Å²) in [5.74, 6) is 0.0806. The molecule has 0 radical (unpaired) electrons. The maximum atomic E-state index is 11.5. The molecular formula is C11H22O3. The molecule has 0 saturated carbocycles. The monoisotopic (exact) mass is 202 g/mol. The van der Waals surface area contributed by atoms with Gasteiger partial charge in [0.25, 0.3) is 0 Å². The smallest absolute Gasteiger partial charge is 0.161 e. The van der Waals surface area contributed by atoms with Gasteiger partial charge in [-0.15, -0.1) is 0 Å². The molecule has 14 heavy (non-hydrogen) atoms. The maximum Gasteiger partial charge on any atom is 0.161 e. The summed E-state index contributed by atoms with van der Waals surface area (Å²) < 4.78 is 4.67. The van der Waals surface area contributed by atoms with Crippen LogP contribution in [0.4, 0.5) is 0 Å². The fraction of sp³-hybridized carbons (Fsp3) is 0.909. The molecule has 3 nitrogen and oxygen atoms in total. The zero-order chi connectivity index (χ0) is 11.2. The number of aliphatic hydroxyl groups excluding tert-OH is 1. The van der Waals surface area contributed by atoms with E-state index in [1.54, 1.807) is 0 Å². The van der Waals surface area contributed by atoms with Crippen LogP contribution in [-0.4, -0.2) is 24.3 Å². The van der Waals surface area contributed by atoms with Gasteiger partial charge in [0.1, 0.15) is 13.4 Å². The van der Waals surface area contributed by atoms with Crippen molar-refractivity contribution in [3.05, 3.63) is 0 Å².